The van der Waals surface area contributed by atoms with Gasteiger partial charge in [0.25, 0.3) is 11.8 Å². The van der Waals surface area contributed by atoms with Gasteiger partial charge in [0, 0.05) is 29.9 Å². The predicted octanol–water partition coefficient (Wildman–Crippen LogP) is 4.35. The fourth-order valence-corrected chi connectivity index (χ4v) is 3.16. The average Bonchev–Trinajstić information content (AvgIpc) is 2.71. The number of anilines is 1. The average molecular weight is 488 g/mol. The Kier molecular flexibility index (Phi) is 10.1. The summed E-state index contributed by atoms with van der Waals surface area (Å²) in [5.41, 5.74) is 14.2. The molecule has 0 bridgehead atoms. The summed E-state index contributed by atoms with van der Waals surface area (Å²) < 4.78 is 0. The van der Waals surface area contributed by atoms with Crippen molar-refractivity contribution in [1.29, 1.82) is 0 Å². The topological polar surface area (TPSA) is 123 Å². The summed E-state index contributed by atoms with van der Waals surface area (Å²) in [7, 11) is 0. The minimum Gasteiger partial charge on any atom is -0.370 e. The molecule has 7 nitrogen and oxygen atoms in total. The second kappa shape index (κ2) is 11.9. The molecule has 0 aliphatic rings. The molecule has 0 saturated carbocycles. The van der Waals surface area contributed by atoms with Gasteiger partial charge in [0.15, 0.2) is 5.96 Å². The van der Waals surface area contributed by atoms with Crippen LogP contribution >= 0.6 is 12.4 Å². The van der Waals surface area contributed by atoms with Crippen molar-refractivity contribution in [2.75, 3.05) is 18.4 Å². The van der Waals surface area contributed by atoms with Gasteiger partial charge in [-0.25, -0.2) is 0 Å². The summed E-state index contributed by atoms with van der Waals surface area (Å²) >= 11 is 0. The summed E-state index contributed by atoms with van der Waals surface area (Å²) in [6.45, 7) is 13.7. The van der Waals surface area contributed by atoms with Crippen LogP contribution in [-0.4, -0.2) is 30.9 Å². The molecule has 6 N–H and O–H groups in total. The first-order valence-corrected chi connectivity index (χ1v) is 11.2. The molecule has 0 aliphatic heterocycles. The largest absolute Gasteiger partial charge is 0.370 e. The van der Waals surface area contributed by atoms with E-state index in [-0.39, 0.29) is 41.0 Å². The second-order valence-corrected chi connectivity index (χ2v) is 10.3. The molecule has 0 saturated heterocycles. The first-order chi connectivity index (χ1) is 15.3. The third-order valence-electron chi connectivity index (χ3n) is 5.22. The summed E-state index contributed by atoms with van der Waals surface area (Å²) in [6.07, 6.45) is 0.625. The maximum atomic E-state index is 13.1. The molecule has 186 valence electrons. The van der Waals surface area contributed by atoms with Crippen LogP contribution in [0.5, 0.6) is 0 Å². The van der Waals surface area contributed by atoms with Crippen molar-refractivity contribution in [3.05, 3.63) is 64.7 Å². The van der Waals surface area contributed by atoms with Crippen molar-refractivity contribution in [2.45, 2.75) is 58.8 Å². The first-order valence-electron chi connectivity index (χ1n) is 11.2. The Morgan fingerprint density at radius 3 is 1.97 bits per heavy atom. The number of benzene rings is 2. The fraction of sp³-hybridized carbons (Fsp3) is 0.423. The van der Waals surface area contributed by atoms with Gasteiger partial charge in [-0.1, -0.05) is 53.7 Å². The molecule has 0 aromatic heterocycles. The number of halogens is 1. The van der Waals surface area contributed by atoms with Crippen molar-refractivity contribution in [1.82, 2.24) is 5.32 Å². The number of aliphatic imine (C=N–C) groups is 1. The standard InChI is InChI=1S/C26H37N5O2.ClH/c1-25(2,3)19-13-18(14-20(16-19)26(4,5)6)23(33)31-21-10-7-9-17(15-21)22(32)29-11-8-12-30-24(27)28;/h7,9-10,13-16H,8,11-12H2,1-6H3,(H,29,32)(H,31,33)(H4,27,28,30);1H. The third-order valence-corrected chi connectivity index (χ3v) is 5.22. The minimum atomic E-state index is -0.222. The van der Waals surface area contributed by atoms with Gasteiger partial charge in [-0.2, -0.15) is 0 Å². The van der Waals surface area contributed by atoms with Crippen LogP contribution in [0.1, 0.15) is 79.8 Å². The van der Waals surface area contributed by atoms with E-state index >= 15 is 0 Å². The van der Waals surface area contributed by atoms with Crippen molar-refractivity contribution in [3.8, 4) is 0 Å². The Balaban J connectivity index is 0.00000578. The molecule has 2 rings (SSSR count). The van der Waals surface area contributed by atoms with E-state index in [4.69, 9.17) is 11.5 Å². The molecule has 0 spiro atoms. The minimum absolute atomic E-state index is 0. The summed E-state index contributed by atoms with van der Waals surface area (Å²) in [5, 5.41) is 5.77. The number of carbonyl (C=O) groups is 2. The highest BCUT2D eigenvalue weighted by Gasteiger charge is 2.22. The van der Waals surface area contributed by atoms with Crippen molar-refractivity contribution in [3.63, 3.8) is 0 Å². The Morgan fingerprint density at radius 2 is 1.44 bits per heavy atom. The van der Waals surface area contributed by atoms with Gasteiger partial charge in [0.1, 0.15) is 0 Å². The lowest BCUT2D eigenvalue weighted by molar-refractivity contribution is 0.0952. The smallest absolute Gasteiger partial charge is 0.255 e. The van der Waals surface area contributed by atoms with Gasteiger partial charge in [-0.05, 0) is 58.7 Å². The second-order valence-electron chi connectivity index (χ2n) is 10.3. The van der Waals surface area contributed by atoms with Gasteiger partial charge < -0.3 is 22.1 Å². The van der Waals surface area contributed by atoms with Gasteiger partial charge >= 0.3 is 0 Å². The van der Waals surface area contributed by atoms with E-state index < -0.39 is 0 Å². The highest BCUT2D eigenvalue weighted by atomic mass is 35.5. The lowest BCUT2D eigenvalue weighted by Gasteiger charge is -2.26. The van der Waals surface area contributed by atoms with Gasteiger partial charge in [-0.15, -0.1) is 12.4 Å². The van der Waals surface area contributed by atoms with Crippen LogP contribution in [-0.2, 0) is 10.8 Å². The Labute approximate surface area is 209 Å². The maximum Gasteiger partial charge on any atom is 0.255 e. The summed E-state index contributed by atoms with van der Waals surface area (Å²) in [6, 6.07) is 13.0. The van der Waals surface area contributed by atoms with Crippen molar-refractivity contribution >= 4 is 35.9 Å². The molecule has 34 heavy (non-hydrogen) atoms. The molecule has 0 fully saturated rings. The Hall–Kier alpha value is -3.06. The molecule has 2 aromatic carbocycles. The van der Waals surface area contributed by atoms with Crippen LogP contribution in [0, 0.1) is 0 Å². The third kappa shape index (κ3) is 8.71. The number of nitrogens with two attached hydrogens (primary N) is 2. The monoisotopic (exact) mass is 487 g/mol. The van der Waals surface area contributed by atoms with Crippen LogP contribution in [0.4, 0.5) is 5.69 Å². The van der Waals surface area contributed by atoms with E-state index in [1.54, 1.807) is 24.3 Å². The van der Waals surface area contributed by atoms with E-state index in [1.807, 2.05) is 12.1 Å². The van der Waals surface area contributed by atoms with E-state index in [0.29, 0.717) is 36.3 Å². The van der Waals surface area contributed by atoms with Crippen molar-refractivity contribution < 1.29 is 9.59 Å². The van der Waals surface area contributed by atoms with Gasteiger partial charge in [0.2, 0.25) is 0 Å². The summed E-state index contributed by atoms with van der Waals surface area (Å²) in [4.78, 5) is 29.4. The van der Waals surface area contributed by atoms with Crippen LogP contribution in [0.2, 0.25) is 0 Å². The fourth-order valence-electron chi connectivity index (χ4n) is 3.16. The van der Waals surface area contributed by atoms with Gasteiger partial charge in [-0.3, -0.25) is 14.6 Å². The first kappa shape index (κ1) is 29.0. The van der Waals surface area contributed by atoms with Crippen LogP contribution in [0.3, 0.4) is 0 Å². The van der Waals surface area contributed by atoms with Crippen LogP contribution < -0.4 is 22.1 Å². The van der Waals surface area contributed by atoms with E-state index in [9.17, 15) is 9.59 Å². The number of amides is 2. The number of carbonyl (C=O) groups excluding carboxylic acids is 2. The molecule has 2 amide bonds. The lowest BCUT2D eigenvalue weighted by Crippen LogP contribution is -2.26. The number of nitrogens with one attached hydrogen (secondary N) is 2. The number of guanidine groups is 1. The predicted molar refractivity (Wildman–Crippen MR) is 143 cm³/mol. The SMILES string of the molecule is CC(C)(C)c1cc(C(=O)Nc2cccc(C(=O)NCCCN=C(N)N)c2)cc(C(C)(C)C)c1.Cl. The zero-order valence-electron chi connectivity index (χ0n) is 21.0. The number of rotatable bonds is 7. The zero-order valence-corrected chi connectivity index (χ0v) is 21.8. The van der Waals surface area contributed by atoms with E-state index in [1.165, 1.54) is 0 Å². The molecule has 0 radical (unpaired) electrons. The molecule has 0 atom stereocenters. The molecule has 8 heteroatoms. The van der Waals surface area contributed by atoms with E-state index in [2.05, 4.69) is 63.2 Å². The quantitative estimate of drug-likeness (QED) is 0.263. The summed E-state index contributed by atoms with van der Waals surface area (Å²) in [5.74, 6) is -0.394. The van der Waals surface area contributed by atoms with Crippen LogP contribution in [0.15, 0.2) is 47.5 Å². The Morgan fingerprint density at radius 1 is 0.853 bits per heavy atom. The highest BCUT2D eigenvalue weighted by molar-refractivity contribution is 6.05. The molecule has 0 unspecified atom stereocenters. The number of hydrogen-bond acceptors (Lipinski definition) is 3. The number of hydrogen-bond donors (Lipinski definition) is 4. The highest BCUT2D eigenvalue weighted by Crippen LogP contribution is 2.30. The Bertz CT molecular complexity index is 1000. The zero-order chi connectivity index (χ0) is 24.8. The van der Waals surface area contributed by atoms with Gasteiger partial charge in [0.05, 0.1) is 0 Å². The van der Waals surface area contributed by atoms with Crippen molar-refractivity contribution in [2.24, 2.45) is 16.5 Å². The van der Waals surface area contributed by atoms with Crippen LogP contribution in [0.25, 0.3) is 0 Å². The normalized spacial score (nSPS) is 11.2. The number of nitrogens with zero attached hydrogens (tertiary/aromatic N) is 1. The molecule has 2 aromatic rings. The molecular formula is C26H38ClN5O2. The molecule has 0 aliphatic carbocycles. The lowest BCUT2D eigenvalue weighted by atomic mass is 9.79. The maximum absolute atomic E-state index is 13.1. The molecule has 0 heterocycles. The van der Waals surface area contributed by atoms with E-state index in [0.717, 1.165) is 11.1 Å². The molecular weight excluding hydrogens is 450 g/mol.